The number of piperidine rings is 1. The molecule has 5 nitrogen and oxygen atoms in total. The van der Waals surface area contributed by atoms with Crippen LogP contribution < -0.4 is 0 Å². The van der Waals surface area contributed by atoms with Gasteiger partial charge < -0.3 is 4.90 Å². The van der Waals surface area contributed by atoms with E-state index in [9.17, 15) is 4.79 Å². The Morgan fingerprint density at radius 1 is 1.53 bits per heavy atom. The van der Waals surface area contributed by atoms with Gasteiger partial charge in [-0.1, -0.05) is 11.8 Å². The Morgan fingerprint density at radius 2 is 2.24 bits per heavy atom. The number of nitrogens with zero attached hydrogens (tertiary/aromatic N) is 3. The molecule has 94 valence electrons. The fraction of sp³-hybridized carbons (Fsp3) is 0.727. The van der Waals surface area contributed by atoms with E-state index in [1.807, 2.05) is 4.90 Å². The Bertz CT molecular complexity index is 358. The summed E-state index contributed by atoms with van der Waals surface area (Å²) in [5, 5.41) is 7.21. The molecule has 1 N–H and O–H groups in total. The van der Waals surface area contributed by atoms with Crippen LogP contribution in [0.25, 0.3) is 0 Å². The number of aromatic nitrogens is 3. The average Bonchev–Trinajstić information content (AvgIpc) is 2.79. The number of carbonyl (C=O) groups excluding carboxylic acids is 1. The van der Waals surface area contributed by atoms with Crippen LogP contribution in [0.3, 0.4) is 0 Å². The monoisotopic (exact) mass is 254 g/mol. The molecule has 0 bridgehead atoms. The molecule has 6 heteroatoms. The minimum atomic E-state index is 0.200. The molecule has 1 saturated heterocycles. The molecule has 0 aliphatic carbocycles. The molecule has 0 aromatic carbocycles. The predicted molar refractivity (Wildman–Crippen MR) is 66.7 cm³/mol. The maximum Gasteiger partial charge on any atom is 0.233 e. The summed E-state index contributed by atoms with van der Waals surface area (Å²) >= 11 is 1.41. The van der Waals surface area contributed by atoms with Gasteiger partial charge in [-0.05, 0) is 33.1 Å². The number of carbonyl (C=O) groups is 1. The average molecular weight is 254 g/mol. The van der Waals surface area contributed by atoms with Gasteiger partial charge >= 0.3 is 0 Å². The number of amides is 1. The van der Waals surface area contributed by atoms with Crippen LogP contribution in [0.1, 0.15) is 33.1 Å². The zero-order valence-corrected chi connectivity index (χ0v) is 11.0. The molecule has 2 rings (SSSR count). The lowest BCUT2D eigenvalue weighted by atomic mass is 9.98. The van der Waals surface area contributed by atoms with E-state index in [4.69, 9.17) is 0 Å². The van der Waals surface area contributed by atoms with Crippen molar-refractivity contribution in [2.45, 2.75) is 50.4 Å². The Hall–Kier alpha value is -1.04. The van der Waals surface area contributed by atoms with Crippen LogP contribution in [-0.2, 0) is 4.79 Å². The van der Waals surface area contributed by atoms with Gasteiger partial charge in [0.1, 0.15) is 6.33 Å². The minimum Gasteiger partial charge on any atom is -0.337 e. The molecular weight excluding hydrogens is 236 g/mol. The molecule has 2 heterocycles. The SMILES string of the molecule is C[C@@H]1CCC[C@H](C)N1C(=O)CSc1ncn[nH]1. The predicted octanol–water partition coefficient (Wildman–Crippen LogP) is 1.69. The molecule has 0 spiro atoms. The first-order chi connectivity index (χ1) is 8.18. The Kier molecular flexibility index (Phi) is 4.04. The molecule has 1 aromatic heterocycles. The molecule has 2 atom stereocenters. The highest BCUT2D eigenvalue weighted by Gasteiger charge is 2.28. The van der Waals surface area contributed by atoms with Crippen molar-refractivity contribution in [1.29, 1.82) is 0 Å². The summed E-state index contributed by atoms with van der Waals surface area (Å²) in [6.07, 6.45) is 4.91. The van der Waals surface area contributed by atoms with Gasteiger partial charge in [0.15, 0.2) is 5.16 Å². The van der Waals surface area contributed by atoms with Gasteiger partial charge in [0.05, 0.1) is 5.75 Å². The first kappa shape index (κ1) is 12.4. The molecule has 0 unspecified atom stereocenters. The van der Waals surface area contributed by atoms with Gasteiger partial charge in [-0.2, -0.15) is 5.10 Å². The van der Waals surface area contributed by atoms with Crippen molar-refractivity contribution in [3.05, 3.63) is 6.33 Å². The topological polar surface area (TPSA) is 61.9 Å². The van der Waals surface area contributed by atoms with Crippen LogP contribution >= 0.6 is 11.8 Å². The van der Waals surface area contributed by atoms with Crippen molar-refractivity contribution >= 4 is 17.7 Å². The molecule has 0 radical (unpaired) electrons. The van der Waals surface area contributed by atoms with Gasteiger partial charge in [0, 0.05) is 12.1 Å². The van der Waals surface area contributed by atoms with Crippen molar-refractivity contribution in [3.63, 3.8) is 0 Å². The van der Waals surface area contributed by atoms with E-state index in [1.165, 1.54) is 24.5 Å². The number of likely N-dealkylation sites (tertiary alicyclic amines) is 1. The molecule has 1 fully saturated rings. The lowest BCUT2D eigenvalue weighted by Gasteiger charge is -2.39. The summed E-state index contributed by atoms with van der Waals surface area (Å²) < 4.78 is 0. The summed E-state index contributed by atoms with van der Waals surface area (Å²) in [7, 11) is 0. The fourth-order valence-electron chi connectivity index (χ4n) is 2.38. The van der Waals surface area contributed by atoms with E-state index in [2.05, 4.69) is 29.0 Å². The summed E-state index contributed by atoms with van der Waals surface area (Å²) in [6, 6.07) is 0.725. The lowest BCUT2D eigenvalue weighted by Crippen LogP contribution is -2.48. The highest BCUT2D eigenvalue weighted by molar-refractivity contribution is 7.99. The quantitative estimate of drug-likeness (QED) is 0.834. The van der Waals surface area contributed by atoms with Crippen LogP contribution in [0.15, 0.2) is 11.5 Å². The highest BCUT2D eigenvalue weighted by atomic mass is 32.2. The molecular formula is C11H18N4OS. The van der Waals surface area contributed by atoms with Gasteiger partial charge in [0.25, 0.3) is 0 Å². The van der Waals surface area contributed by atoms with Crippen molar-refractivity contribution in [3.8, 4) is 0 Å². The molecule has 17 heavy (non-hydrogen) atoms. The Morgan fingerprint density at radius 3 is 2.82 bits per heavy atom. The van der Waals surface area contributed by atoms with E-state index in [0.29, 0.717) is 23.0 Å². The largest absolute Gasteiger partial charge is 0.337 e. The van der Waals surface area contributed by atoms with E-state index in [1.54, 1.807) is 0 Å². The second kappa shape index (κ2) is 5.53. The number of rotatable bonds is 3. The van der Waals surface area contributed by atoms with E-state index in [0.717, 1.165) is 12.8 Å². The first-order valence-electron chi connectivity index (χ1n) is 5.98. The van der Waals surface area contributed by atoms with Gasteiger partial charge in [0.2, 0.25) is 5.91 Å². The number of hydrogen-bond acceptors (Lipinski definition) is 4. The zero-order valence-electron chi connectivity index (χ0n) is 10.2. The van der Waals surface area contributed by atoms with Crippen molar-refractivity contribution in [2.75, 3.05) is 5.75 Å². The standard InChI is InChI=1S/C11H18N4OS/c1-8-4-3-5-9(2)15(8)10(16)6-17-11-12-7-13-14-11/h7-9H,3-6H2,1-2H3,(H,12,13,14)/t8-,9+. The Labute approximate surface area is 105 Å². The van der Waals surface area contributed by atoms with Crippen LogP contribution in [-0.4, -0.2) is 43.8 Å². The number of aromatic amines is 1. The molecule has 1 aliphatic heterocycles. The third kappa shape index (κ3) is 3.00. The first-order valence-corrected chi connectivity index (χ1v) is 6.96. The van der Waals surface area contributed by atoms with Crippen molar-refractivity contribution in [2.24, 2.45) is 0 Å². The van der Waals surface area contributed by atoms with E-state index < -0.39 is 0 Å². The summed E-state index contributed by atoms with van der Waals surface area (Å²) in [5.74, 6) is 0.634. The molecule has 1 amide bonds. The zero-order chi connectivity index (χ0) is 12.3. The van der Waals surface area contributed by atoms with Crippen molar-refractivity contribution in [1.82, 2.24) is 20.1 Å². The second-order valence-electron chi connectivity index (χ2n) is 4.51. The van der Waals surface area contributed by atoms with Crippen LogP contribution in [0, 0.1) is 0 Å². The lowest BCUT2D eigenvalue weighted by molar-refractivity contribution is -0.134. The van der Waals surface area contributed by atoms with Crippen LogP contribution in [0.5, 0.6) is 0 Å². The summed E-state index contributed by atoms with van der Waals surface area (Å²) in [5.41, 5.74) is 0. The third-order valence-electron chi connectivity index (χ3n) is 3.21. The smallest absolute Gasteiger partial charge is 0.233 e. The second-order valence-corrected chi connectivity index (χ2v) is 5.47. The van der Waals surface area contributed by atoms with Crippen LogP contribution in [0.4, 0.5) is 0 Å². The van der Waals surface area contributed by atoms with E-state index in [-0.39, 0.29) is 5.91 Å². The van der Waals surface area contributed by atoms with E-state index >= 15 is 0 Å². The summed E-state index contributed by atoms with van der Waals surface area (Å²) in [4.78, 5) is 18.2. The number of thioether (sulfide) groups is 1. The molecule has 1 aliphatic rings. The number of nitrogens with one attached hydrogen (secondary N) is 1. The normalized spacial score (nSPS) is 24.9. The van der Waals surface area contributed by atoms with Crippen LogP contribution in [0.2, 0.25) is 0 Å². The molecule has 1 aromatic rings. The van der Waals surface area contributed by atoms with Gasteiger partial charge in [-0.25, -0.2) is 4.98 Å². The fourth-order valence-corrected chi connectivity index (χ4v) is 3.03. The minimum absolute atomic E-state index is 0.200. The number of hydrogen-bond donors (Lipinski definition) is 1. The molecule has 0 saturated carbocycles. The van der Waals surface area contributed by atoms with Crippen molar-refractivity contribution < 1.29 is 4.79 Å². The number of H-pyrrole nitrogens is 1. The third-order valence-corrected chi connectivity index (χ3v) is 4.07. The maximum absolute atomic E-state index is 12.2. The Balaban J connectivity index is 1.90. The van der Waals surface area contributed by atoms with Gasteiger partial charge in [-0.15, -0.1) is 0 Å². The van der Waals surface area contributed by atoms with Gasteiger partial charge in [-0.3, -0.25) is 9.89 Å². The maximum atomic E-state index is 12.2. The highest BCUT2D eigenvalue weighted by Crippen LogP contribution is 2.24. The summed E-state index contributed by atoms with van der Waals surface area (Å²) in [6.45, 7) is 4.26.